The number of piperidine rings is 1. The van der Waals surface area contributed by atoms with E-state index in [1.165, 1.54) is 12.8 Å². The molecule has 6 nitrogen and oxygen atoms in total. The summed E-state index contributed by atoms with van der Waals surface area (Å²) in [6.45, 7) is 4.42. The van der Waals surface area contributed by atoms with E-state index in [1.807, 2.05) is 19.2 Å². The van der Waals surface area contributed by atoms with Crippen LogP contribution in [0.3, 0.4) is 0 Å². The van der Waals surface area contributed by atoms with Crippen LogP contribution in [0.2, 0.25) is 0 Å². The molecule has 2 N–H and O–H groups in total. The largest absolute Gasteiger partial charge is 0.495 e. The number of rotatable bonds is 8. The van der Waals surface area contributed by atoms with Crippen LogP contribution in [0.5, 0.6) is 5.75 Å². The molecule has 3 rings (SSSR count). The number of benzene rings is 1. The van der Waals surface area contributed by atoms with Crippen molar-refractivity contribution in [3.63, 3.8) is 0 Å². The second kappa shape index (κ2) is 9.67. The van der Waals surface area contributed by atoms with Crippen LogP contribution in [0, 0.1) is 5.92 Å². The van der Waals surface area contributed by atoms with Gasteiger partial charge in [0.05, 0.1) is 19.4 Å². The molecule has 2 aliphatic rings. The van der Waals surface area contributed by atoms with Crippen molar-refractivity contribution in [2.24, 2.45) is 10.9 Å². The molecule has 2 fully saturated rings. The highest BCUT2D eigenvalue weighted by atomic mass is 16.5. The number of nitrogens with zero attached hydrogens (tertiary/aromatic N) is 2. The van der Waals surface area contributed by atoms with Crippen molar-refractivity contribution < 1.29 is 9.47 Å². The van der Waals surface area contributed by atoms with Crippen LogP contribution < -0.4 is 20.3 Å². The van der Waals surface area contributed by atoms with Gasteiger partial charge in [-0.05, 0) is 43.7 Å². The van der Waals surface area contributed by atoms with Gasteiger partial charge < -0.3 is 25.0 Å². The smallest absolute Gasteiger partial charge is 0.191 e. The van der Waals surface area contributed by atoms with Crippen LogP contribution in [0.25, 0.3) is 0 Å². The summed E-state index contributed by atoms with van der Waals surface area (Å²) in [5.41, 5.74) is 1.16. The van der Waals surface area contributed by atoms with Crippen molar-refractivity contribution in [1.82, 2.24) is 10.6 Å². The maximum absolute atomic E-state index is 5.68. The van der Waals surface area contributed by atoms with E-state index >= 15 is 0 Å². The van der Waals surface area contributed by atoms with E-state index in [0.29, 0.717) is 6.04 Å². The standard InChI is InChI=1S/C20H32N4O2/c1-21-20(22-11-13-26-15-16-9-10-16)23-17-6-5-12-24(14-17)18-7-3-4-8-19(18)25-2/h3-4,7-8,16-17H,5-6,9-15H2,1-2H3,(H2,21,22,23). The second-order valence-electron chi connectivity index (χ2n) is 7.12. The lowest BCUT2D eigenvalue weighted by Gasteiger charge is -2.36. The lowest BCUT2D eigenvalue weighted by molar-refractivity contribution is 0.129. The molecule has 1 aromatic carbocycles. The molecule has 0 spiro atoms. The molecular formula is C20H32N4O2. The first kappa shape index (κ1) is 18.8. The van der Waals surface area contributed by atoms with Gasteiger partial charge in [0.15, 0.2) is 5.96 Å². The van der Waals surface area contributed by atoms with Crippen molar-refractivity contribution in [2.75, 3.05) is 51.9 Å². The zero-order valence-corrected chi connectivity index (χ0v) is 16.0. The molecule has 1 saturated heterocycles. The Hall–Kier alpha value is -1.95. The summed E-state index contributed by atoms with van der Waals surface area (Å²) in [4.78, 5) is 6.75. The van der Waals surface area contributed by atoms with Gasteiger partial charge in [-0.25, -0.2) is 0 Å². The molecule has 1 aliphatic heterocycles. The fraction of sp³-hybridized carbons (Fsp3) is 0.650. The minimum atomic E-state index is 0.368. The molecule has 0 amide bonds. The Morgan fingerprint density at radius 2 is 2.12 bits per heavy atom. The molecule has 144 valence electrons. The van der Waals surface area contributed by atoms with Crippen molar-refractivity contribution >= 4 is 11.6 Å². The molecule has 1 saturated carbocycles. The molecule has 0 bridgehead atoms. The SMILES string of the molecule is CN=C(NCCOCC1CC1)NC1CCCN(c2ccccc2OC)C1. The Bertz CT molecular complexity index is 589. The fourth-order valence-electron chi connectivity index (χ4n) is 3.37. The number of ether oxygens (including phenoxy) is 2. The number of hydrogen-bond acceptors (Lipinski definition) is 4. The number of aliphatic imine (C=N–C) groups is 1. The lowest BCUT2D eigenvalue weighted by atomic mass is 10.0. The quantitative estimate of drug-likeness (QED) is 0.423. The highest BCUT2D eigenvalue weighted by molar-refractivity contribution is 5.80. The van der Waals surface area contributed by atoms with E-state index in [9.17, 15) is 0 Å². The monoisotopic (exact) mass is 360 g/mol. The van der Waals surface area contributed by atoms with Crippen LogP contribution >= 0.6 is 0 Å². The van der Waals surface area contributed by atoms with Gasteiger partial charge in [0.1, 0.15) is 5.75 Å². The van der Waals surface area contributed by atoms with Gasteiger partial charge in [-0.3, -0.25) is 4.99 Å². The zero-order chi connectivity index (χ0) is 18.2. The van der Waals surface area contributed by atoms with Gasteiger partial charge in [0.25, 0.3) is 0 Å². The summed E-state index contributed by atoms with van der Waals surface area (Å²) in [5, 5.41) is 6.91. The van der Waals surface area contributed by atoms with E-state index in [2.05, 4.69) is 32.7 Å². The van der Waals surface area contributed by atoms with Crippen LogP contribution in [0.1, 0.15) is 25.7 Å². The molecule has 1 unspecified atom stereocenters. The number of hydrogen-bond donors (Lipinski definition) is 2. The average Bonchev–Trinajstić information content (AvgIpc) is 3.51. The molecule has 1 aromatic rings. The lowest BCUT2D eigenvalue weighted by Crippen LogP contribution is -2.51. The Morgan fingerprint density at radius 3 is 2.88 bits per heavy atom. The Morgan fingerprint density at radius 1 is 1.27 bits per heavy atom. The third kappa shape index (κ3) is 5.53. The summed E-state index contributed by atoms with van der Waals surface area (Å²) >= 11 is 0. The number of methoxy groups -OCH3 is 1. The maximum atomic E-state index is 5.68. The van der Waals surface area contributed by atoms with E-state index in [-0.39, 0.29) is 0 Å². The Labute approximate surface area is 157 Å². The molecule has 1 aliphatic carbocycles. The highest BCUT2D eigenvalue weighted by Crippen LogP contribution is 2.30. The van der Waals surface area contributed by atoms with E-state index in [1.54, 1.807) is 7.11 Å². The number of para-hydroxylation sites is 2. The van der Waals surface area contributed by atoms with Crippen molar-refractivity contribution in [3.05, 3.63) is 24.3 Å². The predicted octanol–water partition coefficient (Wildman–Crippen LogP) is 2.26. The minimum absolute atomic E-state index is 0.368. The van der Waals surface area contributed by atoms with Gasteiger partial charge >= 0.3 is 0 Å². The molecule has 0 radical (unpaired) electrons. The maximum Gasteiger partial charge on any atom is 0.191 e. The summed E-state index contributed by atoms with van der Waals surface area (Å²) in [6, 6.07) is 8.60. The summed E-state index contributed by atoms with van der Waals surface area (Å²) < 4.78 is 11.2. The molecule has 0 aromatic heterocycles. The fourth-order valence-corrected chi connectivity index (χ4v) is 3.37. The normalized spacial score (nSPS) is 20.8. The first-order valence-corrected chi connectivity index (χ1v) is 9.73. The molecule has 1 heterocycles. The average molecular weight is 361 g/mol. The van der Waals surface area contributed by atoms with Crippen LogP contribution in [0.15, 0.2) is 29.3 Å². The van der Waals surface area contributed by atoms with Gasteiger partial charge in [-0.15, -0.1) is 0 Å². The van der Waals surface area contributed by atoms with Crippen molar-refractivity contribution in [2.45, 2.75) is 31.7 Å². The Balaban J connectivity index is 1.45. The van der Waals surface area contributed by atoms with E-state index in [4.69, 9.17) is 9.47 Å². The highest BCUT2D eigenvalue weighted by Gasteiger charge is 2.23. The number of nitrogens with one attached hydrogen (secondary N) is 2. The topological polar surface area (TPSA) is 58.1 Å². The van der Waals surface area contributed by atoms with E-state index in [0.717, 1.165) is 69.0 Å². The first-order chi connectivity index (χ1) is 12.8. The zero-order valence-electron chi connectivity index (χ0n) is 16.0. The van der Waals surface area contributed by atoms with E-state index < -0.39 is 0 Å². The van der Waals surface area contributed by atoms with Crippen LogP contribution in [-0.4, -0.2) is 59.0 Å². The molecule has 1 atom stereocenters. The van der Waals surface area contributed by atoms with Crippen molar-refractivity contribution in [3.8, 4) is 5.75 Å². The van der Waals surface area contributed by atoms with Gasteiger partial charge in [-0.1, -0.05) is 12.1 Å². The third-order valence-corrected chi connectivity index (χ3v) is 5.00. The summed E-state index contributed by atoms with van der Waals surface area (Å²) in [5.74, 6) is 2.60. The summed E-state index contributed by atoms with van der Waals surface area (Å²) in [6.07, 6.45) is 4.96. The predicted molar refractivity (Wildman–Crippen MR) is 106 cm³/mol. The van der Waals surface area contributed by atoms with Gasteiger partial charge in [-0.2, -0.15) is 0 Å². The van der Waals surface area contributed by atoms with Crippen LogP contribution in [-0.2, 0) is 4.74 Å². The number of anilines is 1. The third-order valence-electron chi connectivity index (χ3n) is 5.00. The first-order valence-electron chi connectivity index (χ1n) is 9.73. The molecular weight excluding hydrogens is 328 g/mol. The van der Waals surface area contributed by atoms with Crippen LogP contribution in [0.4, 0.5) is 5.69 Å². The Kier molecular flexibility index (Phi) is 7.00. The van der Waals surface area contributed by atoms with Gasteiger partial charge in [0, 0.05) is 39.3 Å². The van der Waals surface area contributed by atoms with Gasteiger partial charge in [0.2, 0.25) is 0 Å². The van der Waals surface area contributed by atoms with Crippen molar-refractivity contribution in [1.29, 1.82) is 0 Å². The number of guanidine groups is 1. The molecule has 26 heavy (non-hydrogen) atoms. The molecule has 6 heteroatoms. The summed E-state index contributed by atoms with van der Waals surface area (Å²) in [7, 11) is 3.55. The minimum Gasteiger partial charge on any atom is -0.495 e. The second-order valence-corrected chi connectivity index (χ2v) is 7.12.